The molecule has 0 aliphatic carbocycles. The van der Waals surface area contributed by atoms with Gasteiger partial charge < -0.3 is 19.3 Å². The van der Waals surface area contributed by atoms with Crippen LogP contribution in [0.1, 0.15) is 11.7 Å². The number of aliphatic hydroxyl groups is 1. The second-order valence-corrected chi connectivity index (χ2v) is 3.80. The van der Waals surface area contributed by atoms with Crippen LogP contribution in [0.4, 0.5) is 17.6 Å². The van der Waals surface area contributed by atoms with Gasteiger partial charge in [-0.2, -0.15) is 8.78 Å². The first kappa shape index (κ1) is 16.4. The highest BCUT2D eigenvalue weighted by Gasteiger charge is 2.50. The number of aliphatic hydroxyl groups excluding tert-OH is 1. The molecule has 0 radical (unpaired) electrons. The number of methoxy groups -OCH3 is 3. The number of ether oxygens (including phenoxy) is 3. The first-order chi connectivity index (χ1) is 9.31. The predicted octanol–water partition coefficient (Wildman–Crippen LogP) is 2.65. The van der Waals surface area contributed by atoms with E-state index >= 15 is 0 Å². The summed E-state index contributed by atoms with van der Waals surface area (Å²) in [6, 6.07) is 2.22. The largest absolute Gasteiger partial charge is 0.493 e. The minimum absolute atomic E-state index is 0.0726. The Balaban J connectivity index is 3.39. The fraction of sp³-hybridized carbons (Fsp3) is 0.500. The van der Waals surface area contributed by atoms with Crippen molar-refractivity contribution in [2.75, 3.05) is 21.3 Å². The third-order valence-corrected chi connectivity index (χ3v) is 2.68. The van der Waals surface area contributed by atoms with Gasteiger partial charge in [-0.15, -0.1) is 0 Å². The van der Waals surface area contributed by atoms with Gasteiger partial charge in [-0.1, -0.05) is 0 Å². The van der Waals surface area contributed by atoms with Crippen molar-refractivity contribution in [1.29, 1.82) is 0 Å². The molecule has 1 N–H and O–H groups in total. The molecule has 0 heterocycles. The minimum atomic E-state index is -4.62. The fourth-order valence-corrected chi connectivity index (χ4v) is 1.67. The average molecular weight is 298 g/mol. The summed E-state index contributed by atoms with van der Waals surface area (Å²) in [6.07, 6.45) is -6.76. The smallest absolute Gasteiger partial charge is 0.336 e. The van der Waals surface area contributed by atoms with Crippen LogP contribution in [0.3, 0.4) is 0 Å². The van der Waals surface area contributed by atoms with Crippen LogP contribution >= 0.6 is 0 Å². The maximum atomic E-state index is 13.2. The summed E-state index contributed by atoms with van der Waals surface area (Å²) in [5, 5.41) is 9.51. The SMILES string of the molecule is COc1ccc(C(O)C(F)(F)C(F)F)c(OC)c1OC. The van der Waals surface area contributed by atoms with Gasteiger partial charge in [0.15, 0.2) is 17.6 Å². The lowest BCUT2D eigenvalue weighted by Crippen LogP contribution is -2.34. The third-order valence-electron chi connectivity index (χ3n) is 2.68. The van der Waals surface area contributed by atoms with Crippen LogP contribution in [0, 0.1) is 0 Å². The van der Waals surface area contributed by atoms with Crippen molar-refractivity contribution in [3.8, 4) is 17.2 Å². The summed E-state index contributed by atoms with van der Waals surface area (Å²) in [5.41, 5.74) is -0.518. The monoisotopic (exact) mass is 298 g/mol. The van der Waals surface area contributed by atoms with E-state index in [1.807, 2.05) is 0 Å². The van der Waals surface area contributed by atoms with E-state index in [4.69, 9.17) is 14.2 Å². The molecule has 1 unspecified atom stereocenters. The van der Waals surface area contributed by atoms with E-state index in [9.17, 15) is 22.7 Å². The second kappa shape index (κ2) is 6.17. The zero-order valence-electron chi connectivity index (χ0n) is 11.0. The van der Waals surface area contributed by atoms with Crippen LogP contribution in [-0.2, 0) is 0 Å². The zero-order chi connectivity index (χ0) is 15.5. The summed E-state index contributed by atoms with van der Waals surface area (Å²) in [5.74, 6) is -4.83. The lowest BCUT2D eigenvalue weighted by molar-refractivity contribution is -0.194. The Morgan fingerprint density at radius 2 is 1.55 bits per heavy atom. The van der Waals surface area contributed by atoms with Gasteiger partial charge in [0.25, 0.3) is 0 Å². The number of rotatable bonds is 6. The van der Waals surface area contributed by atoms with Gasteiger partial charge in [-0.25, -0.2) is 8.78 Å². The van der Waals surface area contributed by atoms with Gasteiger partial charge in [0.2, 0.25) is 5.75 Å². The minimum Gasteiger partial charge on any atom is -0.493 e. The molecule has 20 heavy (non-hydrogen) atoms. The Kier molecular flexibility index (Phi) is 5.04. The molecule has 0 fully saturated rings. The molecule has 1 aromatic carbocycles. The van der Waals surface area contributed by atoms with E-state index in [1.54, 1.807) is 0 Å². The van der Waals surface area contributed by atoms with E-state index in [-0.39, 0.29) is 17.2 Å². The highest BCUT2D eigenvalue weighted by atomic mass is 19.3. The number of hydrogen-bond donors (Lipinski definition) is 1. The number of halogens is 4. The molecule has 1 rings (SSSR count). The highest BCUT2D eigenvalue weighted by Crippen LogP contribution is 2.46. The van der Waals surface area contributed by atoms with E-state index in [1.165, 1.54) is 20.3 Å². The van der Waals surface area contributed by atoms with Crippen LogP contribution in [0.5, 0.6) is 17.2 Å². The molecule has 0 bridgehead atoms. The van der Waals surface area contributed by atoms with Gasteiger partial charge in [0.1, 0.15) is 0 Å². The maximum absolute atomic E-state index is 13.2. The second-order valence-electron chi connectivity index (χ2n) is 3.80. The van der Waals surface area contributed by atoms with Crippen LogP contribution < -0.4 is 14.2 Å². The van der Waals surface area contributed by atoms with Crippen LogP contribution in [-0.4, -0.2) is 38.8 Å². The first-order valence-corrected chi connectivity index (χ1v) is 5.44. The lowest BCUT2D eigenvalue weighted by Gasteiger charge is -2.24. The van der Waals surface area contributed by atoms with E-state index in [2.05, 4.69) is 0 Å². The van der Waals surface area contributed by atoms with Crippen molar-refractivity contribution < 1.29 is 36.9 Å². The zero-order valence-corrected chi connectivity index (χ0v) is 11.0. The molecule has 1 atom stereocenters. The quantitative estimate of drug-likeness (QED) is 0.820. The molecule has 0 saturated heterocycles. The van der Waals surface area contributed by atoms with Crippen LogP contribution in [0.2, 0.25) is 0 Å². The summed E-state index contributed by atoms with van der Waals surface area (Å²) < 4.78 is 65.8. The molecule has 0 aliphatic rings. The molecule has 8 heteroatoms. The fourth-order valence-electron chi connectivity index (χ4n) is 1.67. The summed E-state index contributed by atoms with van der Waals surface area (Å²) >= 11 is 0. The summed E-state index contributed by atoms with van der Waals surface area (Å²) in [7, 11) is 3.66. The summed E-state index contributed by atoms with van der Waals surface area (Å²) in [6.45, 7) is 0. The van der Waals surface area contributed by atoms with Crippen molar-refractivity contribution in [2.24, 2.45) is 0 Å². The Labute approximate surface area is 112 Å². The molecule has 0 aromatic heterocycles. The van der Waals surface area contributed by atoms with Crippen LogP contribution in [0.25, 0.3) is 0 Å². The third kappa shape index (κ3) is 2.74. The van der Waals surface area contributed by atoms with E-state index in [0.717, 1.165) is 13.2 Å². The molecule has 1 aromatic rings. The topological polar surface area (TPSA) is 47.9 Å². The Hall–Kier alpha value is -1.70. The van der Waals surface area contributed by atoms with Crippen molar-refractivity contribution in [2.45, 2.75) is 18.5 Å². The Bertz CT molecular complexity index is 465. The van der Waals surface area contributed by atoms with Gasteiger partial charge in [0, 0.05) is 5.56 Å². The molecule has 4 nitrogen and oxygen atoms in total. The lowest BCUT2D eigenvalue weighted by atomic mass is 10.0. The molecule has 0 amide bonds. The number of hydrogen-bond acceptors (Lipinski definition) is 4. The molecule has 0 aliphatic heterocycles. The predicted molar refractivity (Wildman–Crippen MR) is 62.0 cm³/mol. The van der Waals surface area contributed by atoms with Crippen molar-refractivity contribution in [3.05, 3.63) is 17.7 Å². The van der Waals surface area contributed by atoms with Crippen LogP contribution in [0.15, 0.2) is 12.1 Å². The molecular formula is C12H14F4O4. The van der Waals surface area contributed by atoms with Gasteiger partial charge in [0.05, 0.1) is 21.3 Å². The van der Waals surface area contributed by atoms with E-state index in [0.29, 0.717) is 0 Å². The van der Waals surface area contributed by atoms with Crippen molar-refractivity contribution >= 4 is 0 Å². The Morgan fingerprint density at radius 3 is 1.95 bits per heavy atom. The maximum Gasteiger partial charge on any atom is 0.336 e. The standard InChI is InChI=1S/C12H14F4O4/c1-18-7-5-4-6(8(19-2)9(7)20-3)10(17)12(15,16)11(13)14/h4-5,10-11,17H,1-3H3. The molecule has 0 saturated carbocycles. The first-order valence-electron chi connectivity index (χ1n) is 5.44. The number of benzene rings is 1. The van der Waals surface area contributed by atoms with Gasteiger partial charge in [-0.05, 0) is 12.1 Å². The Morgan fingerprint density at radius 1 is 1.00 bits per heavy atom. The highest BCUT2D eigenvalue weighted by molar-refractivity contribution is 5.56. The molecule has 114 valence electrons. The van der Waals surface area contributed by atoms with Crippen molar-refractivity contribution in [1.82, 2.24) is 0 Å². The normalized spacial score (nSPS) is 13.2. The summed E-state index contributed by atoms with van der Waals surface area (Å²) in [4.78, 5) is 0. The molecular weight excluding hydrogens is 284 g/mol. The van der Waals surface area contributed by atoms with Crippen molar-refractivity contribution in [3.63, 3.8) is 0 Å². The number of alkyl halides is 4. The van der Waals surface area contributed by atoms with Gasteiger partial charge >= 0.3 is 12.3 Å². The van der Waals surface area contributed by atoms with E-state index < -0.39 is 24.0 Å². The average Bonchev–Trinajstić information content (AvgIpc) is 2.44. The van der Waals surface area contributed by atoms with Gasteiger partial charge in [-0.3, -0.25) is 0 Å². The molecule has 0 spiro atoms.